The van der Waals surface area contributed by atoms with Gasteiger partial charge in [0.25, 0.3) is 0 Å². The van der Waals surface area contributed by atoms with E-state index in [1.165, 1.54) is 11.8 Å². The van der Waals surface area contributed by atoms with Gasteiger partial charge in [-0.3, -0.25) is 9.67 Å². The van der Waals surface area contributed by atoms with Gasteiger partial charge in [-0.1, -0.05) is 42.1 Å². The number of thioether (sulfide) groups is 1. The lowest BCUT2D eigenvalue weighted by Crippen LogP contribution is -1.98. The van der Waals surface area contributed by atoms with Gasteiger partial charge in [0.1, 0.15) is 0 Å². The quantitative estimate of drug-likeness (QED) is 0.584. The zero-order valence-electron chi connectivity index (χ0n) is 14.2. The van der Waals surface area contributed by atoms with E-state index < -0.39 is 0 Å². The number of pyridine rings is 1. The Bertz CT molecular complexity index is 946. The van der Waals surface area contributed by atoms with E-state index in [9.17, 15) is 0 Å². The molecule has 3 aromatic rings. The number of benzene rings is 1. The number of anilines is 1. The molecule has 0 atom stereocenters. The lowest BCUT2D eigenvalue weighted by atomic mass is 10.1. The summed E-state index contributed by atoms with van der Waals surface area (Å²) in [6.07, 6.45) is 3.72. The van der Waals surface area contributed by atoms with Crippen LogP contribution in [0.15, 0.2) is 59.6 Å². The Morgan fingerprint density at radius 3 is 2.96 bits per heavy atom. The predicted octanol–water partition coefficient (Wildman–Crippen LogP) is 5.92. The highest BCUT2D eigenvalue weighted by Gasteiger charge is 2.13. The predicted molar refractivity (Wildman–Crippen MR) is 109 cm³/mol. The Labute approximate surface area is 156 Å². The van der Waals surface area contributed by atoms with Crippen LogP contribution in [0.25, 0.3) is 22.2 Å². The van der Waals surface area contributed by atoms with Crippen LogP contribution in [0.4, 0.5) is 5.82 Å². The van der Waals surface area contributed by atoms with E-state index in [1.807, 2.05) is 41.3 Å². The number of halogens is 1. The minimum absolute atomic E-state index is 0.632. The first-order chi connectivity index (χ1) is 12.1. The van der Waals surface area contributed by atoms with Crippen molar-refractivity contribution in [1.82, 2.24) is 14.8 Å². The number of aromatic nitrogens is 3. The van der Waals surface area contributed by atoms with Crippen molar-refractivity contribution in [3.8, 4) is 11.3 Å². The standard InChI is InChI=1S/C19H19ClN4S/c1-4-11-25-13(3)22-19-15-12-14(18-16(20)7-6-10-21-18)8-9-17(15)24(5-2)23-19/h4,6-12H,3,5H2,1-2H3,(H,22,23)/b11-4-. The topological polar surface area (TPSA) is 42.7 Å². The van der Waals surface area contributed by atoms with Crippen LogP contribution in [0, 0.1) is 0 Å². The first-order valence-corrected chi connectivity index (χ1v) is 9.25. The third kappa shape index (κ3) is 3.72. The second-order valence-electron chi connectivity index (χ2n) is 5.37. The summed E-state index contributed by atoms with van der Waals surface area (Å²) in [7, 11) is 0. The summed E-state index contributed by atoms with van der Waals surface area (Å²) in [6, 6.07) is 9.82. The van der Waals surface area contributed by atoms with E-state index in [4.69, 9.17) is 11.6 Å². The van der Waals surface area contributed by atoms with E-state index in [2.05, 4.69) is 41.0 Å². The van der Waals surface area contributed by atoms with Crippen LogP contribution in [0.2, 0.25) is 5.02 Å². The minimum atomic E-state index is 0.632. The lowest BCUT2D eigenvalue weighted by molar-refractivity contribution is 0.687. The van der Waals surface area contributed by atoms with Crippen molar-refractivity contribution in [2.45, 2.75) is 20.4 Å². The molecule has 0 aliphatic carbocycles. The SMILES string of the molecule is C=C(Nc1nn(CC)c2ccc(-c3ncccc3Cl)cc12)S/C=C\C. The third-order valence-corrected chi connectivity index (χ3v) is 4.79. The second-order valence-corrected chi connectivity index (χ2v) is 6.77. The van der Waals surface area contributed by atoms with Gasteiger partial charge in [-0.2, -0.15) is 5.10 Å². The molecule has 0 saturated carbocycles. The maximum Gasteiger partial charge on any atom is 0.160 e. The fourth-order valence-electron chi connectivity index (χ4n) is 2.57. The maximum atomic E-state index is 6.30. The molecule has 0 aliphatic rings. The number of nitrogens with one attached hydrogen (secondary N) is 1. The summed E-state index contributed by atoms with van der Waals surface area (Å²) in [5.74, 6) is 0.785. The highest BCUT2D eigenvalue weighted by Crippen LogP contribution is 2.32. The van der Waals surface area contributed by atoms with Gasteiger partial charge in [0.2, 0.25) is 0 Å². The first-order valence-electron chi connectivity index (χ1n) is 7.99. The van der Waals surface area contributed by atoms with Crippen LogP contribution in [-0.2, 0) is 6.54 Å². The Balaban J connectivity index is 2.06. The molecule has 3 rings (SSSR count). The van der Waals surface area contributed by atoms with Crippen molar-refractivity contribution in [2.24, 2.45) is 0 Å². The number of aryl methyl sites for hydroxylation is 1. The number of allylic oxidation sites excluding steroid dienone is 1. The van der Waals surface area contributed by atoms with Gasteiger partial charge < -0.3 is 5.32 Å². The Kier molecular flexibility index (Phi) is 5.46. The highest BCUT2D eigenvalue weighted by atomic mass is 35.5. The van der Waals surface area contributed by atoms with E-state index >= 15 is 0 Å². The summed E-state index contributed by atoms with van der Waals surface area (Å²) >= 11 is 7.83. The Morgan fingerprint density at radius 1 is 1.40 bits per heavy atom. The number of fused-ring (bicyclic) bond motifs is 1. The Morgan fingerprint density at radius 2 is 2.24 bits per heavy atom. The van der Waals surface area contributed by atoms with Gasteiger partial charge in [-0.15, -0.1) is 0 Å². The molecule has 6 heteroatoms. The van der Waals surface area contributed by atoms with Gasteiger partial charge in [-0.05, 0) is 43.5 Å². The summed E-state index contributed by atoms with van der Waals surface area (Å²) in [4.78, 5) is 4.40. The molecular weight excluding hydrogens is 352 g/mol. The van der Waals surface area contributed by atoms with Crippen LogP contribution in [0.1, 0.15) is 13.8 Å². The van der Waals surface area contributed by atoms with Gasteiger partial charge in [0.15, 0.2) is 5.82 Å². The van der Waals surface area contributed by atoms with E-state index in [1.54, 1.807) is 6.20 Å². The molecule has 0 aliphatic heterocycles. The smallest absolute Gasteiger partial charge is 0.160 e. The summed E-state index contributed by atoms with van der Waals surface area (Å²) in [6.45, 7) is 8.88. The van der Waals surface area contributed by atoms with Crippen molar-refractivity contribution in [3.05, 3.63) is 64.6 Å². The molecule has 25 heavy (non-hydrogen) atoms. The van der Waals surface area contributed by atoms with Gasteiger partial charge >= 0.3 is 0 Å². The molecule has 1 aromatic carbocycles. The molecule has 0 fully saturated rings. The zero-order chi connectivity index (χ0) is 17.8. The molecule has 0 saturated heterocycles. The molecule has 4 nitrogen and oxygen atoms in total. The minimum Gasteiger partial charge on any atom is -0.333 e. The molecule has 128 valence electrons. The molecule has 0 bridgehead atoms. The van der Waals surface area contributed by atoms with Crippen LogP contribution < -0.4 is 5.32 Å². The maximum absolute atomic E-state index is 6.30. The summed E-state index contributed by atoms with van der Waals surface area (Å²) < 4.78 is 1.97. The largest absolute Gasteiger partial charge is 0.333 e. The van der Waals surface area contributed by atoms with Crippen molar-refractivity contribution >= 4 is 40.1 Å². The van der Waals surface area contributed by atoms with Crippen LogP contribution in [0.5, 0.6) is 0 Å². The number of hydrogen-bond donors (Lipinski definition) is 1. The van der Waals surface area contributed by atoms with E-state index in [0.717, 1.165) is 39.6 Å². The monoisotopic (exact) mass is 370 g/mol. The first kappa shape index (κ1) is 17.6. The van der Waals surface area contributed by atoms with Gasteiger partial charge in [0.05, 0.1) is 21.3 Å². The van der Waals surface area contributed by atoms with Crippen LogP contribution in [-0.4, -0.2) is 14.8 Å². The van der Waals surface area contributed by atoms with Crippen LogP contribution in [0.3, 0.4) is 0 Å². The van der Waals surface area contributed by atoms with Gasteiger partial charge in [-0.25, -0.2) is 0 Å². The molecule has 0 spiro atoms. The molecular formula is C19H19ClN4S. The van der Waals surface area contributed by atoms with Gasteiger partial charge in [0, 0.05) is 23.7 Å². The third-order valence-electron chi connectivity index (χ3n) is 3.69. The number of hydrogen-bond acceptors (Lipinski definition) is 4. The second kappa shape index (κ2) is 7.76. The lowest BCUT2D eigenvalue weighted by Gasteiger charge is -2.06. The molecule has 0 unspecified atom stereocenters. The van der Waals surface area contributed by atoms with Crippen molar-refractivity contribution < 1.29 is 0 Å². The number of nitrogens with zero attached hydrogens (tertiary/aromatic N) is 3. The fraction of sp³-hybridized carbons (Fsp3) is 0.158. The molecule has 0 radical (unpaired) electrons. The molecule has 1 N–H and O–H groups in total. The average Bonchev–Trinajstić information content (AvgIpc) is 2.97. The molecule has 2 heterocycles. The van der Waals surface area contributed by atoms with Crippen molar-refractivity contribution in [1.29, 1.82) is 0 Å². The van der Waals surface area contributed by atoms with Crippen LogP contribution >= 0.6 is 23.4 Å². The van der Waals surface area contributed by atoms with Crippen molar-refractivity contribution in [2.75, 3.05) is 5.32 Å². The normalized spacial score (nSPS) is 11.3. The zero-order valence-corrected chi connectivity index (χ0v) is 15.7. The fourth-order valence-corrected chi connectivity index (χ4v) is 3.26. The van der Waals surface area contributed by atoms with Crippen molar-refractivity contribution in [3.63, 3.8) is 0 Å². The summed E-state index contributed by atoms with van der Waals surface area (Å²) in [5.41, 5.74) is 2.79. The summed E-state index contributed by atoms with van der Waals surface area (Å²) in [5, 5.41) is 12.4. The highest BCUT2D eigenvalue weighted by molar-refractivity contribution is 8.05. The Hall–Kier alpha value is -2.24. The van der Waals surface area contributed by atoms with E-state index in [0.29, 0.717) is 5.02 Å². The van der Waals surface area contributed by atoms with E-state index in [-0.39, 0.29) is 0 Å². The number of rotatable bonds is 6. The molecule has 0 amide bonds. The molecule has 2 aromatic heterocycles. The average molecular weight is 371 g/mol.